The highest BCUT2D eigenvalue weighted by Gasteiger charge is 2.12. The van der Waals surface area contributed by atoms with Crippen molar-refractivity contribution < 1.29 is 18.0 Å². The van der Waals surface area contributed by atoms with Crippen molar-refractivity contribution in [2.45, 2.75) is 22.6 Å². The number of rotatable bonds is 8. The Morgan fingerprint density at radius 3 is 2.19 bits per heavy atom. The molecule has 1 heterocycles. The molecule has 11 heteroatoms. The summed E-state index contributed by atoms with van der Waals surface area (Å²) in [6.45, 7) is 1.98. The van der Waals surface area contributed by atoms with Crippen LogP contribution in [0.15, 0.2) is 63.1 Å². The van der Waals surface area contributed by atoms with Gasteiger partial charge in [-0.3, -0.25) is 9.59 Å². The predicted molar refractivity (Wildman–Crippen MR) is 123 cm³/mol. The second-order valence-corrected chi connectivity index (χ2v) is 10.2. The molecule has 1 aromatic heterocycles. The summed E-state index contributed by atoms with van der Waals surface area (Å²) in [5.74, 6) is -0.211. The molecule has 2 amide bonds. The number of thiazole rings is 1. The van der Waals surface area contributed by atoms with Crippen molar-refractivity contribution >= 4 is 56.3 Å². The monoisotopic (exact) mass is 476 g/mol. The number of nitrogens with one attached hydrogen (secondary N) is 2. The van der Waals surface area contributed by atoms with Gasteiger partial charge in [0.15, 0.2) is 4.34 Å². The Kier molecular flexibility index (Phi) is 7.44. The number of sulfonamides is 1. The standard InChI is InChI=1S/C20H20N4O4S3/c1-13-2-4-14(5-3-13)23-19(26)12-30-20-24-16(11-29-20)10-18(25)22-15-6-8-17(9-7-15)31(21,27)28/h2-9,11H,10,12H2,1H3,(H,22,25)(H,23,26)(H2,21,27,28). The van der Waals surface area contributed by atoms with Gasteiger partial charge in [0.05, 0.1) is 22.8 Å². The molecule has 0 aliphatic carbocycles. The minimum atomic E-state index is -3.78. The zero-order valence-corrected chi connectivity index (χ0v) is 18.9. The number of nitrogens with zero attached hydrogens (tertiary/aromatic N) is 1. The summed E-state index contributed by atoms with van der Waals surface area (Å²) in [6, 6.07) is 13.1. The number of hydrogen-bond acceptors (Lipinski definition) is 7. The maximum Gasteiger partial charge on any atom is 0.238 e. The van der Waals surface area contributed by atoms with Gasteiger partial charge in [0.2, 0.25) is 21.8 Å². The molecule has 2 aromatic carbocycles. The third-order valence-electron chi connectivity index (χ3n) is 4.00. The molecule has 0 aliphatic rings. The van der Waals surface area contributed by atoms with E-state index < -0.39 is 10.0 Å². The number of benzene rings is 2. The fraction of sp³-hybridized carbons (Fsp3) is 0.150. The molecule has 0 aliphatic heterocycles. The molecular weight excluding hydrogens is 456 g/mol. The average Bonchev–Trinajstić information content (AvgIpc) is 3.15. The summed E-state index contributed by atoms with van der Waals surface area (Å²) >= 11 is 2.67. The van der Waals surface area contributed by atoms with Crippen LogP contribution in [0.1, 0.15) is 11.3 Å². The fourth-order valence-electron chi connectivity index (χ4n) is 2.49. The van der Waals surface area contributed by atoms with Gasteiger partial charge in [0.1, 0.15) is 0 Å². The summed E-state index contributed by atoms with van der Waals surface area (Å²) in [5.41, 5.74) is 2.90. The third-order valence-corrected chi connectivity index (χ3v) is 7.00. The van der Waals surface area contributed by atoms with Crippen LogP contribution in [0.5, 0.6) is 0 Å². The number of hydrogen-bond donors (Lipinski definition) is 3. The average molecular weight is 477 g/mol. The zero-order chi connectivity index (χ0) is 22.4. The maximum absolute atomic E-state index is 12.2. The molecule has 0 bridgehead atoms. The van der Waals surface area contributed by atoms with E-state index in [1.54, 1.807) is 5.38 Å². The van der Waals surface area contributed by atoms with Crippen LogP contribution in [-0.2, 0) is 26.0 Å². The van der Waals surface area contributed by atoms with Crippen LogP contribution >= 0.6 is 23.1 Å². The van der Waals surface area contributed by atoms with Gasteiger partial charge in [0.25, 0.3) is 0 Å². The van der Waals surface area contributed by atoms with E-state index in [2.05, 4.69) is 15.6 Å². The molecule has 3 rings (SSSR count). The van der Waals surface area contributed by atoms with E-state index in [1.807, 2.05) is 31.2 Å². The smallest absolute Gasteiger partial charge is 0.238 e. The molecule has 3 aromatic rings. The number of primary sulfonamides is 1. The SMILES string of the molecule is Cc1ccc(NC(=O)CSc2nc(CC(=O)Nc3ccc(S(N)(=O)=O)cc3)cs2)cc1. The number of aromatic nitrogens is 1. The molecule has 0 radical (unpaired) electrons. The van der Waals surface area contributed by atoms with Gasteiger partial charge in [-0.15, -0.1) is 11.3 Å². The number of carbonyl (C=O) groups excluding carboxylic acids is 2. The Labute approximate surface area is 188 Å². The Morgan fingerprint density at radius 2 is 1.58 bits per heavy atom. The van der Waals surface area contributed by atoms with Crippen LogP contribution in [-0.4, -0.2) is 31.0 Å². The van der Waals surface area contributed by atoms with Crippen molar-refractivity contribution in [3.63, 3.8) is 0 Å². The van der Waals surface area contributed by atoms with Gasteiger partial charge >= 0.3 is 0 Å². The fourth-order valence-corrected chi connectivity index (χ4v) is 4.65. The van der Waals surface area contributed by atoms with Gasteiger partial charge in [0, 0.05) is 16.8 Å². The quantitative estimate of drug-likeness (QED) is 0.428. The van der Waals surface area contributed by atoms with Crippen molar-refractivity contribution in [1.29, 1.82) is 0 Å². The molecule has 162 valence electrons. The lowest BCUT2D eigenvalue weighted by Crippen LogP contribution is -2.15. The molecule has 0 fully saturated rings. The summed E-state index contributed by atoms with van der Waals surface area (Å²) in [7, 11) is -3.78. The second kappa shape index (κ2) is 10.1. The first-order valence-corrected chi connectivity index (χ1v) is 12.5. The number of anilines is 2. The molecule has 4 N–H and O–H groups in total. The van der Waals surface area contributed by atoms with Gasteiger partial charge in [-0.25, -0.2) is 18.5 Å². The van der Waals surface area contributed by atoms with E-state index in [4.69, 9.17) is 5.14 Å². The van der Waals surface area contributed by atoms with Crippen molar-refractivity contribution in [3.8, 4) is 0 Å². The Hall–Kier alpha value is -2.73. The highest BCUT2D eigenvalue weighted by Crippen LogP contribution is 2.23. The van der Waals surface area contributed by atoms with Crippen molar-refractivity contribution in [3.05, 3.63) is 65.2 Å². The number of thioether (sulfide) groups is 1. The molecule has 0 unspecified atom stereocenters. The van der Waals surface area contributed by atoms with Gasteiger partial charge in [-0.1, -0.05) is 29.5 Å². The zero-order valence-electron chi connectivity index (χ0n) is 16.5. The highest BCUT2D eigenvalue weighted by molar-refractivity contribution is 8.01. The third kappa shape index (κ3) is 7.17. The first-order valence-electron chi connectivity index (χ1n) is 9.05. The van der Waals surface area contributed by atoms with Crippen LogP contribution < -0.4 is 15.8 Å². The molecular formula is C20H20N4O4S3. The van der Waals surface area contributed by atoms with Crippen molar-refractivity contribution in [1.82, 2.24) is 4.98 Å². The Balaban J connectivity index is 1.47. The number of amides is 2. The minimum Gasteiger partial charge on any atom is -0.326 e. The lowest BCUT2D eigenvalue weighted by atomic mass is 10.2. The lowest BCUT2D eigenvalue weighted by molar-refractivity contribution is -0.116. The van der Waals surface area contributed by atoms with E-state index in [9.17, 15) is 18.0 Å². The van der Waals surface area contributed by atoms with E-state index >= 15 is 0 Å². The van der Waals surface area contributed by atoms with Crippen LogP contribution in [0.25, 0.3) is 0 Å². The Morgan fingerprint density at radius 1 is 1.00 bits per heavy atom. The predicted octanol–water partition coefficient (Wildman–Crippen LogP) is 3.01. The molecule has 0 saturated carbocycles. The second-order valence-electron chi connectivity index (χ2n) is 6.60. The minimum absolute atomic E-state index is 0.0296. The van der Waals surface area contributed by atoms with Crippen molar-refractivity contribution in [2.24, 2.45) is 5.14 Å². The molecule has 0 saturated heterocycles. The normalized spacial score (nSPS) is 11.2. The first kappa shape index (κ1) is 22.9. The van der Waals surface area contributed by atoms with Crippen molar-refractivity contribution in [2.75, 3.05) is 16.4 Å². The summed E-state index contributed by atoms with van der Waals surface area (Å²) in [4.78, 5) is 28.6. The van der Waals surface area contributed by atoms with Gasteiger partial charge < -0.3 is 10.6 Å². The van der Waals surface area contributed by atoms with Crippen LogP contribution in [0, 0.1) is 6.92 Å². The largest absolute Gasteiger partial charge is 0.326 e. The topological polar surface area (TPSA) is 131 Å². The summed E-state index contributed by atoms with van der Waals surface area (Å²) in [6.07, 6.45) is 0.0591. The van der Waals surface area contributed by atoms with Crippen LogP contribution in [0.4, 0.5) is 11.4 Å². The Bertz CT molecular complexity index is 1170. The van der Waals surface area contributed by atoms with E-state index in [-0.39, 0.29) is 28.9 Å². The van der Waals surface area contributed by atoms with E-state index in [1.165, 1.54) is 47.4 Å². The maximum atomic E-state index is 12.2. The number of carbonyl (C=O) groups is 2. The van der Waals surface area contributed by atoms with Crippen LogP contribution in [0.3, 0.4) is 0 Å². The highest BCUT2D eigenvalue weighted by atomic mass is 32.2. The number of aryl methyl sites for hydroxylation is 1. The van der Waals surface area contributed by atoms with E-state index in [0.717, 1.165) is 11.3 Å². The number of nitrogens with two attached hydrogens (primary N) is 1. The summed E-state index contributed by atoms with van der Waals surface area (Å²) in [5, 5.41) is 12.3. The van der Waals surface area contributed by atoms with Gasteiger partial charge in [-0.2, -0.15) is 0 Å². The lowest BCUT2D eigenvalue weighted by Gasteiger charge is -2.05. The first-order chi connectivity index (χ1) is 14.7. The molecule has 0 atom stereocenters. The van der Waals surface area contributed by atoms with Gasteiger partial charge in [-0.05, 0) is 43.3 Å². The molecule has 31 heavy (non-hydrogen) atoms. The summed E-state index contributed by atoms with van der Waals surface area (Å²) < 4.78 is 23.2. The molecule has 8 nitrogen and oxygen atoms in total. The molecule has 0 spiro atoms. The van der Waals surface area contributed by atoms with E-state index in [0.29, 0.717) is 15.7 Å². The van der Waals surface area contributed by atoms with Crippen LogP contribution in [0.2, 0.25) is 0 Å².